The van der Waals surface area contributed by atoms with E-state index in [1.54, 1.807) is 12.1 Å². The third-order valence-corrected chi connectivity index (χ3v) is 3.46. The van der Waals surface area contributed by atoms with Crippen LogP contribution in [0.2, 0.25) is 5.02 Å². The van der Waals surface area contributed by atoms with Crippen molar-refractivity contribution in [2.75, 3.05) is 0 Å². The van der Waals surface area contributed by atoms with E-state index in [0.717, 1.165) is 10.6 Å². The van der Waals surface area contributed by atoms with Crippen LogP contribution in [0, 0.1) is 0 Å². The maximum Gasteiger partial charge on any atom is 0.420 e. The zero-order chi connectivity index (χ0) is 15.9. The molecule has 2 aromatic carbocycles. The molecule has 0 aliphatic carbocycles. The van der Waals surface area contributed by atoms with Crippen molar-refractivity contribution < 1.29 is 19.4 Å². The molecular formula is C15H10ClNO5. The third kappa shape index (κ3) is 2.44. The van der Waals surface area contributed by atoms with E-state index in [1.165, 1.54) is 18.2 Å². The van der Waals surface area contributed by atoms with Crippen molar-refractivity contribution in [3.05, 3.63) is 57.5 Å². The van der Waals surface area contributed by atoms with Crippen LogP contribution in [-0.2, 0) is 6.54 Å². The quantitative estimate of drug-likeness (QED) is 0.571. The monoisotopic (exact) mass is 319 g/mol. The molecule has 0 amide bonds. The lowest BCUT2D eigenvalue weighted by Gasteiger charge is -2.04. The zero-order valence-electron chi connectivity index (χ0n) is 11.1. The lowest BCUT2D eigenvalue weighted by Crippen LogP contribution is -2.20. The Morgan fingerprint density at radius 1 is 1.14 bits per heavy atom. The number of aromatic nitrogens is 1. The minimum Gasteiger partial charge on any atom is -0.504 e. The first-order chi connectivity index (χ1) is 10.5. The number of hydrogen-bond donors (Lipinski definition) is 2. The number of Topliss-reactive ketones (excluding diaryl/α,β-unsaturated/α-hetero) is 1. The van der Waals surface area contributed by atoms with Crippen molar-refractivity contribution in [2.24, 2.45) is 0 Å². The molecule has 1 aromatic heterocycles. The summed E-state index contributed by atoms with van der Waals surface area (Å²) >= 11 is 5.89. The number of benzene rings is 2. The predicted octanol–water partition coefficient (Wildman–Crippen LogP) is 2.54. The molecule has 3 rings (SSSR count). The van der Waals surface area contributed by atoms with E-state index in [1.807, 2.05) is 0 Å². The number of rotatable bonds is 3. The van der Waals surface area contributed by atoms with Crippen LogP contribution in [-0.4, -0.2) is 20.6 Å². The molecule has 2 N–H and O–H groups in total. The van der Waals surface area contributed by atoms with Crippen molar-refractivity contribution in [2.45, 2.75) is 6.54 Å². The molecule has 0 bridgehead atoms. The third-order valence-electron chi connectivity index (χ3n) is 3.23. The Labute approximate surface area is 128 Å². The number of aromatic hydroxyl groups is 2. The number of oxazole rings is 1. The number of nitrogens with zero attached hydrogens (tertiary/aromatic N) is 1. The van der Waals surface area contributed by atoms with E-state index >= 15 is 0 Å². The topological polar surface area (TPSA) is 92.7 Å². The fourth-order valence-corrected chi connectivity index (χ4v) is 2.28. The Kier molecular flexibility index (Phi) is 3.38. The molecule has 7 heteroatoms. The number of halogens is 1. The maximum absolute atomic E-state index is 12.2. The summed E-state index contributed by atoms with van der Waals surface area (Å²) in [5, 5.41) is 19.1. The van der Waals surface area contributed by atoms with Gasteiger partial charge in [0.05, 0.1) is 12.1 Å². The average molecular weight is 320 g/mol. The lowest BCUT2D eigenvalue weighted by atomic mass is 10.1. The average Bonchev–Trinajstić information content (AvgIpc) is 2.78. The summed E-state index contributed by atoms with van der Waals surface area (Å²) in [5.74, 6) is -1.82. The summed E-state index contributed by atoms with van der Waals surface area (Å²) in [6.07, 6.45) is 0. The second-order valence-electron chi connectivity index (χ2n) is 4.69. The van der Waals surface area contributed by atoms with E-state index in [2.05, 4.69) is 0 Å². The van der Waals surface area contributed by atoms with Gasteiger partial charge in [-0.05, 0) is 36.4 Å². The number of carbonyl (C=O) groups excluding carboxylic acids is 1. The van der Waals surface area contributed by atoms with Gasteiger partial charge in [-0.3, -0.25) is 9.36 Å². The molecule has 0 aliphatic heterocycles. The molecule has 0 spiro atoms. The number of phenols is 2. The molecule has 0 unspecified atom stereocenters. The minimum absolute atomic E-state index is 0.165. The second-order valence-corrected chi connectivity index (χ2v) is 5.13. The Morgan fingerprint density at radius 2 is 1.91 bits per heavy atom. The molecule has 6 nitrogen and oxygen atoms in total. The van der Waals surface area contributed by atoms with E-state index in [0.29, 0.717) is 16.1 Å². The van der Waals surface area contributed by atoms with Crippen LogP contribution in [0.4, 0.5) is 0 Å². The van der Waals surface area contributed by atoms with Gasteiger partial charge in [-0.25, -0.2) is 4.79 Å². The van der Waals surface area contributed by atoms with Gasteiger partial charge in [0.15, 0.2) is 22.9 Å². The largest absolute Gasteiger partial charge is 0.504 e. The van der Waals surface area contributed by atoms with Crippen LogP contribution in [0.25, 0.3) is 11.1 Å². The Hall–Kier alpha value is -2.73. The number of phenolic OH excluding ortho intramolecular Hbond substituents is 2. The first kappa shape index (κ1) is 14.2. The summed E-state index contributed by atoms with van der Waals surface area (Å²) in [6, 6.07) is 8.36. The smallest absolute Gasteiger partial charge is 0.420 e. The van der Waals surface area contributed by atoms with E-state index < -0.39 is 17.3 Å². The molecule has 3 aromatic rings. The first-order valence-electron chi connectivity index (χ1n) is 6.30. The lowest BCUT2D eigenvalue weighted by molar-refractivity contribution is 0.0970. The molecular weight excluding hydrogens is 310 g/mol. The van der Waals surface area contributed by atoms with Gasteiger partial charge in [0.1, 0.15) is 0 Å². The highest BCUT2D eigenvalue weighted by Gasteiger charge is 2.15. The molecule has 112 valence electrons. The van der Waals surface area contributed by atoms with Crippen molar-refractivity contribution in [3.8, 4) is 11.5 Å². The Morgan fingerprint density at radius 3 is 2.64 bits per heavy atom. The number of hydrogen-bond acceptors (Lipinski definition) is 5. The predicted molar refractivity (Wildman–Crippen MR) is 79.6 cm³/mol. The standard InChI is InChI=1S/C15H10ClNO5/c16-9-2-4-14-10(6-9)17(15(21)22-14)7-13(20)8-1-3-11(18)12(19)5-8/h1-6,18-19H,7H2. The van der Waals surface area contributed by atoms with Gasteiger partial charge in [0.25, 0.3) is 0 Å². The van der Waals surface area contributed by atoms with Gasteiger partial charge in [-0.15, -0.1) is 0 Å². The van der Waals surface area contributed by atoms with Gasteiger partial charge < -0.3 is 14.6 Å². The number of carbonyl (C=O) groups is 1. The summed E-state index contributed by atoms with van der Waals surface area (Å²) < 4.78 is 6.20. The maximum atomic E-state index is 12.2. The Bertz CT molecular complexity index is 941. The van der Waals surface area contributed by atoms with E-state index in [-0.39, 0.29) is 17.9 Å². The van der Waals surface area contributed by atoms with Crippen LogP contribution < -0.4 is 5.76 Å². The van der Waals surface area contributed by atoms with Gasteiger partial charge >= 0.3 is 5.76 Å². The van der Waals surface area contributed by atoms with Crippen LogP contribution >= 0.6 is 11.6 Å². The molecule has 0 fully saturated rings. The summed E-state index contributed by atoms with van der Waals surface area (Å²) in [4.78, 5) is 24.1. The highest BCUT2D eigenvalue weighted by molar-refractivity contribution is 6.31. The van der Waals surface area contributed by atoms with Crippen LogP contribution in [0.15, 0.2) is 45.6 Å². The van der Waals surface area contributed by atoms with Crippen LogP contribution in [0.3, 0.4) is 0 Å². The van der Waals surface area contributed by atoms with Crippen LogP contribution in [0.5, 0.6) is 11.5 Å². The van der Waals surface area contributed by atoms with Gasteiger partial charge in [-0.2, -0.15) is 0 Å². The van der Waals surface area contributed by atoms with Gasteiger partial charge in [0.2, 0.25) is 0 Å². The molecule has 0 saturated heterocycles. The second kappa shape index (κ2) is 5.23. The summed E-state index contributed by atoms with van der Waals surface area (Å²) in [6.45, 7) is -0.267. The zero-order valence-corrected chi connectivity index (χ0v) is 11.9. The molecule has 22 heavy (non-hydrogen) atoms. The molecule has 0 aliphatic rings. The Balaban J connectivity index is 2.00. The first-order valence-corrected chi connectivity index (χ1v) is 6.67. The fraction of sp³-hybridized carbons (Fsp3) is 0.0667. The molecule has 1 heterocycles. The fourth-order valence-electron chi connectivity index (χ4n) is 2.12. The number of fused-ring (bicyclic) bond motifs is 1. The summed E-state index contributed by atoms with van der Waals surface area (Å²) in [5.41, 5.74) is 0.906. The van der Waals surface area contributed by atoms with Crippen LogP contribution in [0.1, 0.15) is 10.4 Å². The SMILES string of the molecule is O=C(Cn1c(=O)oc2ccc(Cl)cc21)c1ccc(O)c(O)c1. The molecule has 0 atom stereocenters. The minimum atomic E-state index is -0.673. The van der Waals surface area contributed by atoms with Crippen molar-refractivity contribution in [1.82, 2.24) is 4.57 Å². The molecule has 0 saturated carbocycles. The van der Waals surface area contributed by atoms with E-state index in [4.69, 9.17) is 16.0 Å². The van der Waals surface area contributed by atoms with Gasteiger partial charge in [-0.1, -0.05) is 11.6 Å². The van der Waals surface area contributed by atoms with Crippen molar-refractivity contribution in [3.63, 3.8) is 0 Å². The van der Waals surface area contributed by atoms with Gasteiger partial charge in [0, 0.05) is 10.6 Å². The highest BCUT2D eigenvalue weighted by atomic mass is 35.5. The highest BCUT2D eigenvalue weighted by Crippen LogP contribution is 2.25. The van der Waals surface area contributed by atoms with Crippen molar-refractivity contribution >= 4 is 28.5 Å². The van der Waals surface area contributed by atoms with E-state index in [9.17, 15) is 19.8 Å². The molecule has 0 radical (unpaired) electrons. The normalized spacial score (nSPS) is 11.0. The number of ketones is 1. The van der Waals surface area contributed by atoms with Crippen molar-refractivity contribution in [1.29, 1.82) is 0 Å². The summed E-state index contributed by atoms with van der Waals surface area (Å²) in [7, 11) is 0.